The fourth-order valence-electron chi connectivity index (χ4n) is 2.15. The fourth-order valence-corrected chi connectivity index (χ4v) is 2.15. The summed E-state index contributed by atoms with van der Waals surface area (Å²) < 4.78 is 0. The van der Waals surface area contributed by atoms with E-state index in [4.69, 9.17) is 0 Å². The largest absolute Gasteiger partial charge is 0.365 e. The van der Waals surface area contributed by atoms with Crippen molar-refractivity contribution >= 4 is 17.4 Å². The molecule has 8 heteroatoms. The van der Waals surface area contributed by atoms with E-state index >= 15 is 0 Å². The fraction of sp³-hybridized carbons (Fsp3) is 0.500. The van der Waals surface area contributed by atoms with Crippen molar-refractivity contribution in [1.82, 2.24) is 15.2 Å². The summed E-state index contributed by atoms with van der Waals surface area (Å²) >= 11 is 0. The van der Waals surface area contributed by atoms with Crippen molar-refractivity contribution in [3.63, 3.8) is 0 Å². The predicted octanol–water partition coefficient (Wildman–Crippen LogP) is -0.142. The molecule has 1 amide bonds. The van der Waals surface area contributed by atoms with Gasteiger partial charge in [-0.3, -0.25) is 4.79 Å². The van der Waals surface area contributed by atoms with Crippen molar-refractivity contribution in [1.29, 1.82) is 0 Å². The summed E-state index contributed by atoms with van der Waals surface area (Å²) in [6.45, 7) is 3.05. The van der Waals surface area contributed by atoms with Crippen LogP contribution in [0.15, 0.2) is 18.3 Å². The molecule has 1 saturated heterocycles. The first-order chi connectivity index (χ1) is 9.61. The lowest BCUT2D eigenvalue weighted by atomic mass is 10.2. The van der Waals surface area contributed by atoms with Gasteiger partial charge >= 0.3 is 5.82 Å². The van der Waals surface area contributed by atoms with Crippen molar-refractivity contribution in [3.8, 4) is 0 Å². The standard InChI is InChI=1S/C12H17N5O3/c1-13-9-12(18)16-6-4-15(5-7-16)10-2-3-11(14-8-10)17(19)20/h2-3,8,13H,4-7,9H2,1H3. The van der Waals surface area contributed by atoms with Gasteiger partial charge in [0.2, 0.25) is 5.91 Å². The van der Waals surface area contributed by atoms with Crippen molar-refractivity contribution in [2.45, 2.75) is 0 Å². The maximum Gasteiger partial charge on any atom is 0.363 e. The molecule has 0 atom stereocenters. The minimum atomic E-state index is -0.516. The maximum absolute atomic E-state index is 11.7. The number of pyridine rings is 1. The minimum Gasteiger partial charge on any atom is -0.365 e. The summed E-state index contributed by atoms with van der Waals surface area (Å²) in [4.78, 5) is 29.4. The number of carbonyl (C=O) groups excluding carboxylic acids is 1. The first-order valence-electron chi connectivity index (χ1n) is 6.39. The molecule has 2 heterocycles. The second kappa shape index (κ2) is 6.29. The van der Waals surface area contributed by atoms with Gasteiger partial charge in [-0.1, -0.05) is 0 Å². The Balaban J connectivity index is 1.93. The van der Waals surface area contributed by atoms with Gasteiger partial charge in [0, 0.05) is 32.2 Å². The van der Waals surface area contributed by atoms with Crippen LogP contribution in [0.25, 0.3) is 0 Å². The highest BCUT2D eigenvalue weighted by atomic mass is 16.6. The van der Waals surface area contributed by atoms with E-state index in [0.29, 0.717) is 32.7 Å². The number of carbonyl (C=O) groups is 1. The molecule has 0 unspecified atom stereocenters. The molecule has 1 aromatic rings. The molecule has 8 nitrogen and oxygen atoms in total. The van der Waals surface area contributed by atoms with Crippen LogP contribution in [0.4, 0.5) is 11.5 Å². The summed E-state index contributed by atoms with van der Waals surface area (Å²) in [5.41, 5.74) is 0.844. The third kappa shape index (κ3) is 3.21. The molecule has 1 aromatic heterocycles. The second-order valence-electron chi connectivity index (χ2n) is 4.53. The zero-order chi connectivity index (χ0) is 14.5. The number of aromatic nitrogens is 1. The molecule has 0 saturated carbocycles. The number of likely N-dealkylation sites (N-methyl/N-ethyl adjacent to an activating group) is 1. The van der Waals surface area contributed by atoms with E-state index in [2.05, 4.69) is 15.2 Å². The third-order valence-corrected chi connectivity index (χ3v) is 3.24. The van der Waals surface area contributed by atoms with Crippen molar-refractivity contribution in [3.05, 3.63) is 28.4 Å². The summed E-state index contributed by atoms with van der Waals surface area (Å²) in [7, 11) is 1.75. The zero-order valence-corrected chi connectivity index (χ0v) is 11.3. The van der Waals surface area contributed by atoms with E-state index in [-0.39, 0.29) is 11.7 Å². The quantitative estimate of drug-likeness (QED) is 0.609. The van der Waals surface area contributed by atoms with E-state index in [1.165, 1.54) is 12.3 Å². The molecule has 1 N–H and O–H groups in total. The lowest BCUT2D eigenvalue weighted by Gasteiger charge is -2.35. The van der Waals surface area contributed by atoms with Gasteiger partial charge in [0.15, 0.2) is 6.20 Å². The van der Waals surface area contributed by atoms with Crippen LogP contribution < -0.4 is 10.2 Å². The van der Waals surface area contributed by atoms with Gasteiger partial charge in [-0.25, -0.2) is 0 Å². The number of amides is 1. The Morgan fingerprint density at radius 2 is 2.10 bits per heavy atom. The summed E-state index contributed by atoms with van der Waals surface area (Å²) in [5, 5.41) is 13.4. The van der Waals surface area contributed by atoms with Crippen LogP contribution >= 0.6 is 0 Å². The SMILES string of the molecule is CNCC(=O)N1CCN(c2ccc([N+](=O)[O-])nc2)CC1. The van der Waals surface area contributed by atoms with E-state index in [1.54, 1.807) is 13.1 Å². The Hall–Kier alpha value is -2.22. The molecule has 0 bridgehead atoms. The number of nitrogens with one attached hydrogen (secondary N) is 1. The molecule has 20 heavy (non-hydrogen) atoms. The molecule has 108 valence electrons. The Morgan fingerprint density at radius 1 is 1.40 bits per heavy atom. The van der Waals surface area contributed by atoms with Crippen LogP contribution in [-0.4, -0.2) is 60.5 Å². The second-order valence-corrected chi connectivity index (χ2v) is 4.53. The van der Waals surface area contributed by atoms with Crippen molar-refractivity contribution < 1.29 is 9.72 Å². The van der Waals surface area contributed by atoms with Crippen LogP contribution in [0.5, 0.6) is 0 Å². The first kappa shape index (κ1) is 14.2. The third-order valence-electron chi connectivity index (χ3n) is 3.24. The number of anilines is 1. The maximum atomic E-state index is 11.7. The molecule has 1 aliphatic rings. The molecule has 0 aliphatic carbocycles. The van der Waals surface area contributed by atoms with Gasteiger partial charge in [0.05, 0.1) is 12.2 Å². The molecule has 1 fully saturated rings. The van der Waals surface area contributed by atoms with E-state index in [0.717, 1.165) is 5.69 Å². The van der Waals surface area contributed by atoms with Gasteiger partial charge in [0.1, 0.15) is 0 Å². The van der Waals surface area contributed by atoms with Crippen LogP contribution in [-0.2, 0) is 4.79 Å². The van der Waals surface area contributed by atoms with E-state index in [1.807, 2.05) is 4.90 Å². The Labute approximate surface area is 116 Å². The number of hydrogen-bond acceptors (Lipinski definition) is 6. The molecular weight excluding hydrogens is 262 g/mol. The monoisotopic (exact) mass is 279 g/mol. The van der Waals surface area contributed by atoms with Gasteiger partial charge < -0.3 is 25.2 Å². The molecule has 1 aliphatic heterocycles. The lowest BCUT2D eigenvalue weighted by molar-refractivity contribution is -0.389. The molecule has 0 radical (unpaired) electrons. The van der Waals surface area contributed by atoms with Crippen molar-refractivity contribution in [2.75, 3.05) is 44.7 Å². The average molecular weight is 279 g/mol. The highest BCUT2D eigenvalue weighted by Gasteiger charge is 2.21. The lowest BCUT2D eigenvalue weighted by Crippen LogP contribution is -2.50. The smallest absolute Gasteiger partial charge is 0.363 e. The Kier molecular flexibility index (Phi) is 4.46. The van der Waals surface area contributed by atoms with Gasteiger partial charge in [-0.2, -0.15) is 0 Å². The number of rotatable bonds is 4. The highest BCUT2D eigenvalue weighted by Crippen LogP contribution is 2.18. The van der Waals surface area contributed by atoms with Gasteiger partial charge in [0.25, 0.3) is 0 Å². The van der Waals surface area contributed by atoms with E-state index < -0.39 is 4.92 Å². The zero-order valence-electron chi connectivity index (χ0n) is 11.3. The van der Waals surface area contributed by atoms with Crippen LogP contribution in [0.1, 0.15) is 0 Å². The number of hydrogen-bond donors (Lipinski definition) is 1. The van der Waals surface area contributed by atoms with Crippen LogP contribution in [0.2, 0.25) is 0 Å². The molecular formula is C12H17N5O3. The molecule has 0 spiro atoms. The summed E-state index contributed by atoms with van der Waals surface area (Å²) in [6, 6.07) is 3.09. The summed E-state index contributed by atoms with van der Waals surface area (Å²) in [5.74, 6) is -0.0643. The van der Waals surface area contributed by atoms with E-state index in [9.17, 15) is 14.9 Å². The topological polar surface area (TPSA) is 91.6 Å². The number of nitro groups is 1. The Bertz CT molecular complexity index is 482. The highest BCUT2D eigenvalue weighted by molar-refractivity contribution is 5.78. The number of piperazine rings is 1. The van der Waals surface area contributed by atoms with Gasteiger partial charge in [-0.05, 0) is 23.0 Å². The summed E-state index contributed by atoms with van der Waals surface area (Å²) in [6.07, 6.45) is 1.50. The number of nitrogens with zero attached hydrogens (tertiary/aromatic N) is 4. The average Bonchev–Trinajstić information content (AvgIpc) is 2.48. The molecule has 2 rings (SSSR count). The predicted molar refractivity (Wildman–Crippen MR) is 73.6 cm³/mol. The van der Waals surface area contributed by atoms with Crippen LogP contribution in [0, 0.1) is 10.1 Å². The molecule has 0 aromatic carbocycles. The minimum absolute atomic E-state index is 0.0916. The first-order valence-corrected chi connectivity index (χ1v) is 6.39. The van der Waals surface area contributed by atoms with Gasteiger partial charge in [-0.15, -0.1) is 0 Å². The van der Waals surface area contributed by atoms with Crippen LogP contribution in [0.3, 0.4) is 0 Å². The van der Waals surface area contributed by atoms with Crippen molar-refractivity contribution in [2.24, 2.45) is 0 Å². The Morgan fingerprint density at radius 3 is 2.60 bits per heavy atom. The normalized spacial score (nSPS) is 15.2.